The van der Waals surface area contributed by atoms with E-state index in [0.29, 0.717) is 5.75 Å². The van der Waals surface area contributed by atoms with E-state index in [9.17, 15) is 9.90 Å². The second-order valence-electron chi connectivity index (χ2n) is 5.74. The van der Waals surface area contributed by atoms with Crippen LogP contribution in [-0.2, 0) is 11.3 Å². The Morgan fingerprint density at radius 2 is 2.19 bits per heavy atom. The third kappa shape index (κ3) is 4.72. The number of amides is 1. The molecule has 116 valence electrons. The molecule has 0 spiro atoms. The van der Waals surface area contributed by atoms with E-state index in [1.165, 1.54) is 6.42 Å². The molecule has 1 fully saturated rings. The standard InChI is InChI=1S/C16H24N2O3/c1-18(14-7-2-3-8-15(14)19)10-12-5-4-6-13(9-12)21-11-16(17)20/h4-6,9,14-15,19H,2-3,7-8,10-11H2,1H3,(H2,17,20)/t14-,15+/m1/s1. The number of nitrogens with zero attached hydrogens (tertiary/aromatic N) is 1. The van der Waals surface area contributed by atoms with Crippen LogP contribution in [0.4, 0.5) is 0 Å². The maximum Gasteiger partial charge on any atom is 0.255 e. The van der Waals surface area contributed by atoms with Crippen LogP contribution in [0.2, 0.25) is 0 Å². The highest BCUT2D eigenvalue weighted by atomic mass is 16.5. The average Bonchev–Trinajstić information content (AvgIpc) is 2.46. The van der Waals surface area contributed by atoms with Crippen molar-refractivity contribution in [2.24, 2.45) is 5.73 Å². The van der Waals surface area contributed by atoms with E-state index in [-0.39, 0.29) is 18.8 Å². The Kier molecular flexibility index (Phi) is 5.59. The molecule has 5 nitrogen and oxygen atoms in total. The number of ether oxygens (including phenoxy) is 1. The fourth-order valence-electron chi connectivity index (χ4n) is 2.90. The van der Waals surface area contributed by atoms with Crippen molar-refractivity contribution < 1.29 is 14.6 Å². The predicted molar refractivity (Wildman–Crippen MR) is 80.9 cm³/mol. The monoisotopic (exact) mass is 292 g/mol. The van der Waals surface area contributed by atoms with Crippen LogP contribution in [0.25, 0.3) is 0 Å². The van der Waals surface area contributed by atoms with Gasteiger partial charge in [0.2, 0.25) is 0 Å². The molecule has 21 heavy (non-hydrogen) atoms. The third-order valence-electron chi connectivity index (χ3n) is 3.97. The summed E-state index contributed by atoms with van der Waals surface area (Å²) in [7, 11) is 2.04. The fourth-order valence-corrected chi connectivity index (χ4v) is 2.90. The molecule has 1 aromatic rings. The van der Waals surface area contributed by atoms with Gasteiger partial charge in [-0.25, -0.2) is 0 Å². The molecule has 0 aliphatic heterocycles. The number of hydrogen-bond acceptors (Lipinski definition) is 4. The second-order valence-corrected chi connectivity index (χ2v) is 5.74. The first-order valence-corrected chi connectivity index (χ1v) is 7.44. The van der Waals surface area contributed by atoms with Crippen molar-refractivity contribution in [1.82, 2.24) is 4.90 Å². The number of benzene rings is 1. The summed E-state index contributed by atoms with van der Waals surface area (Å²) in [6.45, 7) is 0.635. The zero-order valence-corrected chi connectivity index (χ0v) is 12.5. The van der Waals surface area contributed by atoms with E-state index in [1.807, 2.05) is 31.3 Å². The zero-order chi connectivity index (χ0) is 15.2. The number of carbonyl (C=O) groups excluding carboxylic acids is 1. The zero-order valence-electron chi connectivity index (χ0n) is 12.5. The number of nitrogens with two attached hydrogens (primary N) is 1. The molecule has 0 radical (unpaired) electrons. The van der Waals surface area contributed by atoms with Crippen molar-refractivity contribution in [1.29, 1.82) is 0 Å². The first kappa shape index (κ1) is 15.8. The molecule has 0 aromatic heterocycles. The van der Waals surface area contributed by atoms with Crippen LogP contribution in [0.1, 0.15) is 31.2 Å². The number of likely N-dealkylation sites (N-methyl/N-ethyl adjacent to an activating group) is 1. The van der Waals surface area contributed by atoms with E-state index in [2.05, 4.69) is 4.90 Å². The predicted octanol–water partition coefficient (Wildman–Crippen LogP) is 1.29. The van der Waals surface area contributed by atoms with Crippen molar-refractivity contribution in [2.45, 2.75) is 44.4 Å². The quantitative estimate of drug-likeness (QED) is 0.828. The van der Waals surface area contributed by atoms with Crippen molar-refractivity contribution in [2.75, 3.05) is 13.7 Å². The van der Waals surface area contributed by atoms with Gasteiger partial charge in [-0.2, -0.15) is 0 Å². The summed E-state index contributed by atoms with van der Waals surface area (Å²) in [5.74, 6) is 0.159. The minimum Gasteiger partial charge on any atom is -0.484 e. The smallest absolute Gasteiger partial charge is 0.255 e. The van der Waals surface area contributed by atoms with Gasteiger partial charge in [-0.3, -0.25) is 9.69 Å². The van der Waals surface area contributed by atoms with Crippen molar-refractivity contribution in [3.8, 4) is 5.75 Å². The molecule has 3 N–H and O–H groups in total. The van der Waals surface area contributed by atoms with Gasteiger partial charge in [0, 0.05) is 12.6 Å². The normalized spacial score (nSPS) is 22.2. The Bertz CT molecular complexity index is 478. The molecule has 1 aliphatic carbocycles. The molecule has 0 saturated heterocycles. The van der Waals surface area contributed by atoms with Crippen LogP contribution in [-0.4, -0.2) is 41.7 Å². The highest BCUT2D eigenvalue weighted by Crippen LogP contribution is 2.24. The summed E-state index contributed by atoms with van der Waals surface area (Å²) in [4.78, 5) is 12.9. The number of primary amides is 1. The summed E-state index contributed by atoms with van der Waals surface area (Å²) in [6, 6.07) is 7.85. The Balaban J connectivity index is 1.95. The molecular formula is C16H24N2O3. The van der Waals surface area contributed by atoms with E-state index in [0.717, 1.165) is 31.4 Å². The molecule has 5 heteroatoms. The fraction of sp³-hybridized carbons (Fsp3) is 0.562. The Morgan fingerprint density at radius 1 is 1.43 bits per heavy atom. The maximum atomic E-state index is 10.7. The molecule has 1 saturated carbocycles. The third-order valence-corrected chi connectivity index (χ3v) is 3.97. The van der Waals surface area contributed by atoms with Gasteiger partial charge < -0.3 is 15.6 Å². The lowest BCUT2D eigenvalue weighted by molar-refractivity contribution is -0.119. The SMILES string of the molecule is CN(Cc1cccc(OCC(N)=O)c1)[C@@H]1CCCC[C@@H]1O. The minimum absolute atomic E-state index is 0.110. The van der Waals surface area contributed by atoms with Gasteiger partial charge in [-0.05, 0) is 37.6 Å². The highest BCUT2D eigenvalue weighted by molar-refractivity contribution is 5.75. The van der Waals surface area contributed by atoms with Gasteiger partial charge >= 0.3 is 0 Å². The molecule has 0 bridgehead atoms. The number of aliphatic hydroxyl groups excluding tert-OH is 1. The Morgan fingerprint density at radius 3 is 2.90 bits per heavy atom. The largest absolute Gasteiger partial charge is 0.484 e. The number of aliphatic hydroxyl groups is 1. The van der Waals surface area contributed by atoms with E-state index >= 15 is 0 Å². The van der Waals surface area contributed by atoms with Crippen LogP contribution < -0.4 is 10.5 Å². The van der Waals surface area contributed by atoms with Crippen LogP contribution in [0.5, 0.6) is 5.75 Å². The topological polar surface area (TPSA) is 75.8 Å². The lowest BCUT2D eigenvalue weighted by atomic mass is 9.91. The van der Waals surface area contributed by atoms with Gasteiger partial charge in [0.05, 0.1) is 6.10 Å². The molecular weight excluding hydrogens is 268 g/mol. The second kappa shape index (κ2) is 7.43. The van der Waals surface area contributed by atoms with Gasteiger partial charge in [-0.1, -0.05) is 25.0 Å². The minimum atomic E-state index is -0.483. The first-order chi connectivity index (χ1) is 10.1. The molecule has 0 unspecified atom stereocenters. The molecule has 0 heterocycles. The molecule has 1 amide bonds. The maximum absolute atomic E-state index is 10.7. The summed E-state index contributed by atoms with van der Waals surface area (Å²) in [5.41, 5.74) is 6.17. The summed E-state index contributed by atoms with van der Waals surface area (Å²) in [6.07, 6.45) is 3.97. The van der Waals surface area contributed by atoms with Crippen LogP contribution in [0.3, 0.4) is 0 Å². The first-order valence-electron chi connectivity index (χ1n) is 7.44. The molecule has 2 rings (SSSR count). The molecule has 2 atom stereocenters. The highest BCUT2D eigenvalue weighted by Gasteiger charge is 2.26. The Labute approximate surface area is 125 Å². The van der Waals surface area contributed by atoms with Crippen LogP contribution in [0, 0.1) is 0 Å². The van der Waals surface area contributed by atoms with E-state index < -0.39 is 5.91 Å². The number of rotatable bonds is 6. The lowest BCUT2D eigenvalue weighted by Crippen LogP contribution is -2.42. The lowest BCUT2D eigenvalue weighted by Gasteiger charge is -2.35. The van der Waals surface area contributed by atoms with Gasteiger partial charge in [0.1, 0.15) is 5.75 Å². The summed E-state index contributed by atoms with van der Waals surface area (Å²) >= 11 is 0. The van der Waals surface area contributed by atoms with E-state index in [1.54, 1.807) is 0 Å². The average molecular weight is 292 g/mol. The van der Waals surface area contributed by atoms with Crippen molar-refractivity contribution >= 4 is 5.91 Å². The molecule has 1 aromatic carbocycles. The molecule has 1 aliphatic rings. The van der Waals surface area contributed by atoms with Gasteiger partial charge in [0.15, 0.2) is 6.61 Å². The number of hydrogen-bond donors (Lipinski definition) is 2. The van der Waals surface area contributed by atoms with Crippen LogP contribution in [0.15, 0.2) is 24.3 Å². The van der Waals surface area contributed by atoms with Gasteiger partial charge in [0.25, 0.3) is 5.91 Å². The van der Waals surface area contributed by atoms with Crippen molar-refractivity contribution in [3.05, 3.63) is 29.8 Å². The van der Waals surface area contributed by atoms with Crippen molar-refractivity contribution in [3.63, 3.8) is 0 Å². The summed E-state index contributed by atoms with van der Waals surface area (Å²) < 4.78 is 5.31. The Hall–Kier alpha value is -1.59. The number of carbonyl (C=O) groups is 1. The van der Waals surface area contributed by atoms with E-state index in [4.69, 9.17) is 10.5 Å². The summed E-state index contributed by atoms with van der Waals surface area (Å²) in [5, 5.41) is 10.1. The van der Waals surface area contributed by atoms with Crippen LogP contribution >= 0.6 is 0 Å². The van der Waals surface area contributed by atoms with Gasteiger partial charge in [-0.15, -0.1) is 0 Å².